The summed E-state index contributed by atoms with van der Waals surface area (Å²) >= 11 is 0. The number of hydrogen-bond donors (Lipinski definition) is 15. The highest BCUT2D eigenvalue weighted by molar-refractivity contribution is 5.99. The zero-order valence-corrected chi connectivity index (χ0v) is 53.3. The Kier molecular flexibility index (Phi) is 24.5. The summed E-state index contributed by atoms with van der Waals surface area (Å²) in [5.74, 6) is -7.32. The minimum Gasteiger partial charge on any atom is -0.508 e. The Hall–Kier alpha value is -10.1. The number of nitrogens with one attached hydrogen (secondary N) is 11. The maximum absolute atomic E-state index is 15.2. The highest BCUT2D eigenvalue weighted by Crippen LogP contribution is 2.26. The third-order valence-corrected chi connectivity index (χ3v) is 17.0. The number of nitrogens with zero attached hydrogens (tertiary/aromatic N) is 4. The number of rotatable bonds is 32. The molecule has 29 nitrogen and oxygen atoms in total. The van der Waals surface area contributed by atoms with Crippen molar-refractivity contribution in [1.82, 2.24) is 72.3 Å². The van der Waals surface area contributed by atoms with E-state index in [2.05, 4.69) is 67.5 Å². The number of phenols is 1. The first kappa shape index (κ1) is 69.8. The second kappa shape index (κ2) is 33.0. The Morgan fingerprint density at radius 1 is 0.755 bits per heavy atom. The molecule has 17 N–H and O–H groups in total. The smallest absolute Gasteiger partial charge is 0.246 e. The maximum Gasteiger partial charge on any atom is 0.246 e. The van der Waals surface area contributed by atoms with Crippen molar-refractivity contribution in [2.24, 2.45) is 22.4 Å². The molecule has 2 fully saturated rings. The average Bonchev–Trinajstić information content (AvgIpc) is 1.56. The van der Waals surface area contributed by atoms with Crippen LogP contribution in [0.25, 0.3) is 17.0 Å². The number of aliphatic hydroxyl groups excluding tert-OH is 1. The molecule has 3 aromatic heterocycles. The molecule has 94 heavy (non-hydrogen) atoms. The third kappa shape index (κ3) is 18.6. The van der Waals surface area contributed by atoms with Gasteiger partial charge in [0.05, 0.1) is 12.9 Å². The summed E-state index contributed by atoms with van der Waals surface area (Å²) in [5.41, 5.74) is 15.8. The van der Waals surface area contributed by atoms with Crippen LogP contribution in [0.15, 0.2) is 84.5 Å². The van der Waals surface area contributed by atoms with Crippen LogP contribution < -0.4 is 54.0 Å². The summed E-state index contributed by atoms with van der Waals surface area (Å²) in [6, 6.07) is 1.39. The number of aliphatic hydroxyl groups is 1. The molecular weight excluding hydrogens is 1210 g/mol. The first-order valence-corrected chi connectivity index (χ1v) is 31.9. The lowest BCUT2D eigenvalue weighted by Gasteiger charge is -2.35. The van der Waals surface area contributed by atoms with Gasteiger partial charge >= 0.3 is 0 Å². The Bertz CT molecular complexity index is 3560. The summed E-state index contributed by atoms with van der Waals surface area (Å²) < 4.78 is 0. The number of carbonyl (C=O) groups is 10. The number of aromatic hydroxyl groups is 1. The van der Waals surface area contributed by atoms with E-state index in [4.69, 9.17) is 11.5 Å². The Morgan fingerprint density at radius 3 is 2.03 bits per heavy atom. The van der Waals surface area contributed by atoms with Gasteiger partial charge in [-0.2, -0.15) is 0 Å². The van der Waals surface area contributed by atoms with Crippen molar-refractivity contribution in [2.45, 2.75) is 159 Å². The van der Waals surface area contributed by atoms with Crippen molar-refractivity contribution in [2.75, 3.05) is 33.3 Å². The van der Waals surface area contributed by atoms with Crippen LogP contribution >= 0.6 is 0 Å². The molecule has 0 unspecified atom stereocenters. The topological polar surface area (TPSA) is 439 Å². The summed E-state index contributed by atoms with van der Waals surface area (Å²) in [6.45, 7) is 5.23. The number of allylic oxidation sites excluding steroid dienone is 1. The number of aromatic nitrogens is 4. The molecule has 10 amide bonds. The number of benzene rings is 2. The van der Waals surface area contributed by atoms with Gasteiger partial charge in [-0.3, -0.25) is 52.9 Å². The molecule has 0 bridgehead atoms. The lowest BCUT2D eigenvalue weighted by Crippen LogP contribution is -2.61. The fourth-order valence-corrected chi connectivity index (χ4v) is 12.1. The van der Waals surface area contributed by atoms with E-state index >= 15 is 14.4 Å². The van der Waals surface area contributed by atoms with Crippen LogP contribution in [0.5, 0.6) is 5.75 Å². The molecule has 0 radical (unpaired) electrons. The zero-order valence-electron chi connectivity index (χ0n) is 53.3. The van der Waals surface area contributed by atoms with Crippen LogP contribution in [0.2, 0.25) is 0 Å². The second-order valence-electron chi connectivity index (χ2n) is 24.4. The second-order valence-corrected chi connectivity index (χ2v) is 24.4. The molecule has 1 aliphatic carbocycles. The van der Waals surface area contributed by atoms with Gasteiger partial charge in [-0.05, 0) is 111 Å². The first-order valence-electron chi connectivity index (χ1n) is 31.9. The van der Waals surface area contributed by atoms with Gasteiger partial charge in [-0.15, -0.1) is 0 Å². The van der Waals surface area contributed by atoms with E-state index in [-0.39, 0.29) is 100 Å². The molecule has 5 aromatic rings. The Labute approximate surface area is 543 Å². The lowest BCUT2D eigenvalue weighted by atomic mass is 9.95. The average molecular weight is 1300 g/mol. The number of imidazole rings is 1. The van der Waals surface area contributed by atoms with Gasteiger partial charge in [-0.1, -0.05) is 50.3 Å². The summed E-state index contributed by atoms with van der Waals surface area (Å²) in [4.78, 5) is 163. The highest BCUT2D eigenvalue weighted by Gasteiger charge is 2.42. The van der Waals surface area contributed by atoms with Crippen LogP contribution in [0, 0.1) is 5.92 Å². The molecule has 3 aliphatic rings. The maximum atomic E-state index is 15.2. The van der Waals surface area contributed by atoms with E-state index < -0.39 is 108 Å². The number of amides is 10. The van der Waals surface area contributed by atoms with E-state index in [1.807, 2.05) is 44.2 Å². The van der Waals surface area contributed by atoms with E-state index in [9.17, 15) is 43.8 Å². The van der Waals surface area contributed by atoms with Crippen molar-refractivity contribution in [3.05, 3.63) is 113 Å². The number of carbonyl (C=O) groups excluding carboxylic acids is 10. The molecule has 9 atom stereocenters. The van der Waals surface area contributed by atoms with Gasteiger partial charge in [0, 0.05) is 99.7 Å². The number of guanidine groups is 1. The molecule has 0 spiro atoms. The fourth-order valence-electron chi connectivity index (χ4n) is 12.1. The Balaban J connectivity index is 1.06. The number of likely N-dealkylation sites (N-methyl/N-ethyl adjacent to an activating group) is 2. The molecule has 0 saturated carbocycles. The predicted molar refractivity (Wildman–Crippen MR) is 347 cm³/mol. The normalized spacial score (nSPS) is 17.3. The number of para-hydroxylation sites is 1. The highest BCUT2D eigenvalue weighted by atomic mass is 16.3. The van der Waals surface area contributed by atoms with Crippen molar-refractivity contribution >= 4 is 82.0 Å². The van der Waals surface area contributed by atoms with Gasteiger partial charge < -0.3 is 89.0 Å². The monoisotopic (exact) mass is 1300 g/mol. The fraction of sp³-hybridized carbons (Fsp3) is 0.477. The molecule has 8 rings (SSSR count). The van der Waals surface area contributed by atoms with Crippen molar-refractivity contribution < 1.29 is 58.2 Å². The van der Waals surface area contributed by atoms with E-state index in [0.717, 1.165) is 16.8 Å². The van der Waals surface area contributed by atoms with Crippen LogP contribution in [0.3, 0.4) is 0 Å². The van der Waals surface area contributed by atoms with Gasteiger partial charge in [-0.25, -0.2) is 4.98 Å². The largest absolute Gasteiger partial charge is 0.508 e. The van der Waals surface area contributed by atoms with Crippen LogP contribution in [0.4, 0.5) is 0 Å². The standard InChI is InChI=1S/C65H87N17O12/c1-5-69-62(92)53-17-11-25-82(53)64(94)54(16-10-24-70-65(66)67)81(4)63(93)51(26-36(2)3)79-58(88)48(28-38-31-71-44-14-8-6-12-42(38)44)76-57(87)47(27-37-18-20-41(84)21-19-37)75-61(91)52(34-83)80-59(89)49(29-39-32-72-45-15-9-7-13-43(39)45)77-60(90)50(30-40-33-68-35-73-40)78-56(86)46-22-23-55(85)74-46/h7-9,13-15,18-21,31-33,35-36,46-54,71-72,83-84H,5-6,10-12,16-17,22-30,34H2,1-4H3,(H,68,73)(H,69,92)(H,74,85)(H,75,91)(H,76,87)(H,77,90)(H,78,86)(H,79,88)(H,80,89)(H4,66,67,70)/t46-,47-,48+,49-,50-,51-,52-,53-,54-/m0/s1. The van der Waals surface area contributed by atoms with Crippen LogP contribution in [0.1, 0.15) is 106 Å². The number of fused-ring (bicyclic) bond motifs is 2. The van der Waals surface area contributed by atoms with Crippen molar-refractivity contribution in [3.8, 4) is 5.75 Å². The molecule has 2 aromatic carbocycles. The summed E-state index contributed by atoms with van der Waals surface area (Å²) in [6.07, 6.45) is 12.5. The number of H-pyrrole nitrogens is 3. The number of phenolic OH excluding ortho intramolecular Hbond substituents is 1. The number of aliphatic imine (C=N–C) groups is 1. The SMILES string of the molecule is CCNC(=O)[C@@H]1CCCN1C(=O)[C@H](CCCN=C(N)N)N(C)C(=O)[C@H](CC(C)C)NC(=O)[C@@H](Cc1c[nH]c2c1CCC=C2)NC(=O)[C@H](Cc1ccc(O)cc1)NC(=O)[C@H](CO)NC(=O)[C@H](Cc1c[nH]c2ccccc12)NC(=O)[C@H](Cc1cnc[nH]1)NC(=O)[C@@H]1CCC(=O)N1. The van der Waals surface area contributed by atoms with Gasteiger partial charge in [0.15, 0.2) is 5.96 Å². The van der Waals surface area contributed by atoms with Crippen molar-refractivity contribution in [1.29, 1.82) is 0 Å². The van der Waals surface area contributed by atoms with E-state index in [1.54, 1.807) is 25.4 Å². The lowest BCUT2D eigenvalue weighted by molar-refractivity contribution is -0.149. The number of likely N-dealkylation sites (tertiary alicyclic amines) is 1. The summed E-state index contributed by atoms with van der Waals surface area (Å²) in [7, 11) is 1.46. The quantitative estimate of drug-likeness (QED) is 0.0145. The summed E-state index contributed by atoms with van der Waals surface area (Å²) in [5, 5.41) is 43.7. The molecular formula is C65H87N17O12. The number of nitrogens with two attached hydrogens (primary N) is 2. The molecule has 2 aliphatic heterocycles. The minimum atomic E-state index is -1.78. The Morgan fingerprint density at radius 2 is 1.39 bits per heavy atom. The molecule has 5 heterocycles. The molecule has 29 heteroatoms. The van der Waals surface area contributed by atoms with Crippen LogP contribution in [-0.4, -0.2) is 193 Å². The van der Waals surface area contributed by atoms with Gasteiger partial charge in [0.1, 0.15) is 60.1 Å². The minimum absolute atomic E-state index is 0.0871. The molecule has 504 valence electrons. The molecule has 2 saturated heterocycles. The zero-order chi connectivity index (χ0) is 67.6. The van der Waals surface area contributed by atoms with Crippen molar-refractivity contribution in [3.63, 3.8) is 0 Å². The number of aromatic amines is 3. The first-order chi connectivity index (χ1) is 45.1. The number of hydrogen-bond acceptors (Lipinski definition) is 14. The predicted octanol–water partition coefficient (Wildman–Crippen LogP) is -0.612. The van der Waals surface area contributed by atoms with Gasteiger partial charge in [0.25, 0.3) is 0 Å². The van der Waals surface area contributed by atoms with E-state index in [0.29, 0.717) is 60.0 Å². The van der Waals surface area contributed by atoms with Crippen LogP contribution in [-0.2, 0) is 80.0 Å². The van der Waals surface area contributed by atoms with Gasteiger partial charge in [0.2, 0.25) is 59.1 Å². The van der Waals surface area contributed by atoms with E-state index in [1.165, 1.54) is 53.6 Å². The third-order valence-electron chi connectivity index (χ3n) is 17.0.